The minimum absolute atomic E-state index is 0.0447. The molecule has 0 radical (unpaired) electrons. The number of allylic oxidation sites excluding steroid dienone is 1. The van der Waals surface area contributed by atoms with Crippen LogP contribution in [0, 0.1) is 0 Å². The van der Waals surface area contributed by atoms with Crippen LogP contribution in [0.4, 0.5) is 0 Å². The van der Waals surface area contributed by atoms with Gasteiger partial charge in [0.2, 0.25) is 0 Å². The number of H-pyrrole nitrogens is 1. The number of amidine groups is 1. The monoisotopic (exact) mass is 280 g/mol. The quantitative estimate of drug-likeness (QED) is 0.829. The summed E-state index contributed by atoms with van der Waals surface area (Å²) < 4.78 is 0. The fraction of sp³-hybridized carbons (Fsp3) is 0.188. The normalized spacial score (nSPS) is 14.0. The number of nitrogens with two attached hydrogens (primary N) is 1. The highest BCUT2D eigenvalue weighted by molar-refractivity contribution is 6.04. The maximum Gasteiger partial charge on any atom is 0.159 e. The van der Waals surface area contributed by atoms with E-state index in [2.05, 4.69) is 15.2 Å². The van der Waals surface area contributed by atoms with E-state index in [9.17, 15) is 4.79 Å². The first-order chi connectivity index (χ1) is 10.1. The fourth-order valence-corrected chi connectivity index (χ4v) is 2.42. The number of aromatic amines is 1. The molecular weight excluding hydrogens is 264 g/mol. The predicted octanol–water partition coefficient (Wildman–Crippen LogP) is 2.44. The van der Waals surface area contributed by atoms with Gasteiger partial charge >= 0.3 is 0 Å². The number of hydrogen-bond acceptors (Lipinski definition) is 4. The fourth-order valence-electron chi connectivity index (χ4n) is 2.42. The van der Waals surface area contributed by atoms with Gasteiger partial charge in [-0.05, 0) is 19.4 Å². The smallest absolute Gasteiger partial charge is 0.159 e. The standard InChI is InChI=1S/C16H16N4O/c1-9-7-13-14(16(17)18-8-9)15(20-19-13)12-5-3-11(4-6-12)10(2)21/h3-6,8H,7H2,1-2H3,(H2,17,18)(H,19,20). The first-order valence-electron chi connectivity index (χ1n) is 6.74. The van der Waals surface area contributed by atoms with Crippen LogP contribution in [0.2, 0.25) is 0 Å². The van der Waals surface area contributed by atoms with Crippen LogP contribution in [0.3, 0.4) is 0 Å². The number of aromatic nitrogens is 2. The number of rotatable bonds is 2. The van der Waals surface area contributed by atoms with Gasteiger partial charge in [-0.15, -0.1) is 0 Å². The number of carbonyl (C=O) groups excluding carboxylic acids is 1. The molecule has 3 rings (SSSR count). The largest absolute Gasteiger partial charge is 0.383 e. The Hall–Kier alpha value is -2.69. The molecule has 0 unspecified atom stereocenters. The number of hydrogen-bond donors (Lipinski definition) is 2. The molecule has 0 aliphatic carbocycles. The summed E-state index contributed by atoms with van der Waals surface area (Å²) in [6.45, 7) is 3.56. The van der Waals surface area contributed by atoms with Crippen LogP contribution in [0.5, 0.6) is 0 Å². The molecule has 0 atom stereocenters. The molecule has 0 amide bonds. The van der Waals surface area contributed by atoms with Gasteiger partial charge in [0.1, 0.15) is 11.5 Å². The molecule has 0 saturated heterocycles. The van der Waals surface area contributed by atoms with Crippen molar-refractivity contribution in [3.05, 3.63) is 52.9 Å². The van der Waals surface area contributed by atoms with E-state index in [1.807, 2.05) is 19.1 Å². The number of fused-ring (bicyclic) bond motifs is 1. The molecule has 1 aromatic carbocycles. The molecule has 106 valence electrons. The van der Waals surface area contributed by atoms with Crippen molar-refractivity contribution in [1.82, 2.24) is 10.2 Å². The molecule has 2 heterocycles. The Balaban J connectivity index is 2.08. The lowest BCUT2D eigenvalue weighted by atomic mass is 10.0. The van der Waals surface area contributed by atoms with Gasteiger partial charge in [-0.1, -0.05) is 24.3 Å². The molecule has 0 spiro atoms. The Morgan fingerprint density at radius 2 is 2.00 bits per heavy atom. The SMILES string of the molecule is CC(=O)c1ccc(-c2n[nH]c3c2C(N)=NC=C(C)C3)cc1. The molecule has 1 aromatic heterocycles. The van der Waals surface area contributed by atoms with E-state index in [1.54, 1.807) is 25.3 Å². The third-order valence-corrected chi connectivity index (χ3v) is 3.54. The number of carbonyl (C=O) groups is 1. The zero-order valence-electron chi connectivity index (χ0n) is 12.0. The van der Waals surface area contributed by atoms with E-state index in [0.717, 1.165) is 34.5 Å². The van der Waals surface area contributed by atoms with Crippen molar-refractivity contribution in [2.75, 3.05) is 0 Å². The third kappa shape index (κ3) is 2.38. The van der Waals surface area contributed by atoms with Crippen molar-refractivity contribution in [3.63, 3.8) is 0 Å². The van der Waals surface area contributed by atoms with Crippen molar-refractivity contribution >= 4 is 11.6 Å². The zero-order chi connectivity index (χ0) is 15.0. The van der Waals surface area contributed by atoms with E-state index in [-0.39, 0.29) is 5.78 Å². The summed E-state index contributed by atoms with van der Waals surface area (Å²) in [5.74, 6) is 0.504. The number of Topliss-reactive ketones (excluding diaryl/α,β-unsaturated/α-hetero) is 1. The number of benzene rings is 1. The highest BCUT2D eigenvalue weighted by Gasteiger charge is 2.19. The van der Waals surface area contributed by atoms with Gasteiger partial charge in [0.25, 0.3) is 0 Å². The highest BCUT2D eigenvalue weighted by atomic mass is 16.1. The van der Waals surface area contributed by atoms with Crippen molar-refractivity contribution in [3.8, 4) is 11.3 Å². The van der Waals surface area contributed by atoms with E-state index in [4.69, 9.17) is 5.73 Å². The van der Waals surface area contributed by atoms with Gasteiger partial charge in [-0.3, -0.25) is 9.89 Å². The summed E-state index contributed by atoms with van der Waals surface area (Å²) in [5, 5.41) is 7.42. The molecule has 5 heteroatoms. The Morgan fingerprint density at radius 3 is 2.67 bits per heavy atom. The van der Waals surface area contributed by atoms with Crippen molar-refractivity contribution in [2.24, 2.45) is 10.7 Å². The number of ketones is 1. The van der Waals surface area contributed by atoms with Crippen LogP contribution in [-0.2, 0) is 6.42 Å². The Bertz CT molecular complexity index is 766. The minimum Gasteiger partial charge on any atom is -0.383 e. The first kappa shape index (κ1) is 13.3. The number of aliphatic imine (C=N–C) groups is 1. The van der Waals surface area contributed by atoms with Crippen LogP contribution in [-0.4, -0.2) is 21.8 Å². The van der Waals surface area contributed by atoms with E-state index in [0.29, 0.717) is 11.4 Å². The maximum absolute atomic E-state index is 11.3. The molecule has 2 aromatic rings. The summed E-state index contributed by atoms with van der Waals surface area (Å²) in [4.78, 5) is 15.6. The molecule has 3 N–H and O–H groups in total. The predicted molar refractivity (Wildman–Crippen MR) is 82.2 cm³/mol. The van der Waals surface area contributed by atoms with Gasteiger partial charge in [-0.25, -0.2) is 4.99 Å². The average molecular weight is 280 g/mol. The highest BCUT2D eigenvalue weighted by Crippen LogP contribution is 2.27. The minimum atomic E-state index is 0.0447. The van der Waals surface area contributed by atoms with Gasteiger partial charge in [0, 0.05) is 23.7 Å². The first-order valence-corrected chi connectivity index (χ1v) is 6.74. The summed E-state index contributed by atoms with van der Waals surface area (Å²) in [7, 11) is 0. The Morgan fingerprint density at radius 1 is 1.29 bits per heavy atom. The molecule has 1 aliphatic heterocycles. The molecule has 0 saturated carbocycles. The zero-order valence-corrected chi connectivity index (χ0v) is 12.0. The number of nitrogens with zero attached hydrogens (tertiary/aromatic N) is 2. The number of nitrogens with one attached hydrogen (secondary N) is 1. The Kier molecular flexibility index (Phi) is 3.17. The second-order valence-electron chi connectivity index (χ2n) is 5.23. The molecular formula is C16H16N4O. The van der Waals surface area contributed by atoms with Crippen LogP contribution in [0.25, 0.3) is 11.3 Å². The van der Waals surface area contributed by atoms with Crippen LogP contribution in [0.15, 0.2) is 41.0 Å². The van der Waals surface area contributed by atoms with Gasteiger partial charge in [-0.2, -0.15) is 5.10 Å². The average Bonchev–Trinajstić information content (AvgIpc) is 2.82. The molecule has 5 nitrogen and oxygen atoms in total. The van der Waals surface area contributed by atoms with E-state index < -0.39 is 0 Å². The summed E-state index contributed by atoms with van der Waals surface area (Å²) in [5.41, 5.74) is 11.4. The second kappa shape index (κ2) is 5.01. The summed E-state index contributed by atoms with van der Waals surface area (Å²) in [6.07, 6.45) is 2.53. The summed E-state index contributed by atoms with van der Waals surface area (Å²) in [6, 6.07) is 7.36. The molecule has 21 heavy (non-hydrogen) atoms. The van der Waals surface area contributed by atoms with Crippen LogP contribution in [0.1, 0.15) is 35.5 Å². The Labute approximate surface area is 122 Å². The van der Waals surface area contributed by atoms with Crippen molar-refractivity contribution in [1.29, 1.82) is 0 Å². The van der Waals surface area contributed by atoms with Gasteiger partial charge < -0.3 is 5.73 Å². The van der Waals surface area contributed by atoms with Gasteiger partial charge in [0.15, 0.2) is 5.78 Å². The van der Waals surface area contributed by atoms with Crippen molar-refractivity contribution in [2.45, 2.75) is 20.3 Å². The van der Waals surface area contributed by atoms with E-state index in [1.165, 1.54) is 0 Å². The lowest BCUT2D eigenvalue weighted by Crippen LogP contribution is -2.14. The molecule has 0 fully saturated rings. The maximum atomic E-state index is 11.3. The summed E-state index contributed by atoms with van der Waals surface area (Å²) >= 11 is 0. The lowest BCUT2D eigenvalue weighted by Gasteiger charge is -2.04. The third-order valence-electron chi connectivity index (χ3n) is 3.54. The molecule has 1 aliphatic rings. The topological polar surface area (TPSA) is 84.1 Å². The van der Waals surface area contributed by atoms with Gasteiger partial charge in [0.05, 0.1) is 11.3 Å². The molecule has 0 bridgehead atoms. The van der Waals surface area contributed by atoms with Crippen molar-refractivity contribution < 1.29 is 4.79 Å². The van der Waals surface area contributed by atoms with Crippen LogP contribution < -0.4 is 5.73 Å². The second-order valence-corrected chi connectivity index (χ2v) is 5.23. The van der Waals surface area contributed by atoms with Crippen LogP contribution >= 0.6 is 0 Å². The lowest BCUT2D eigenvalue weighted by molar-refractivity contribution is 0.101. The van der Waals surface area contributed by atoms with E-state index >= 15 is 0 Å².